The third-order valence-electron chi connectivity index (χ3n) is 9.71. The molecular weight excluding hydrogens is 408 g/mol. The van der Waals surface area contributed by atoms with Crippen LogP contribution in [0.2, 0.25) is 0 Å². The van der Waals surface area contributed by atoms with Crippen LogP contribution in [0.15, 0.2) is 11.6 Å². The molecule has 0 aromatic carbocycles. The fourth-order valence-electron chi connectivity index (χ4n) is 8.28. The highest BCUT2D eigenvalue weighted by molar-refractivity contribution is 5.89. The number of Topliss-reactive ketones (excluding diaryl/α,β-unsaturated/α-hetero) is 1. The van der Waals surface area contributed by atoms with Gasteiger partial charge in [0.05, 0.1) is 6.10 Å². The summed E-state index contributed by atoms with van der Waals surface area (Å²) in [5.41, 5.74) is 0.0484. The number of ketones is 1. The Morgan fingerprint density at radius 3 is 2.25 bits per heavy atom. The highest BCUT2D eigenvalue weighted by Crippen LogP contribution is 2.68. The minimum atomic E-state index is -0.999. The minimum Gasteiger partial charge on any atom is -0.459 e. The summed E-state index contributed by atoms with van der Waals surface area (Å²) < 4.78 is 17.3. The Labute approximate surface area is 191 Å². The predicted octanol–water partition coefficient (Wildman–Crippen LogP) is 4.40. The second kappa shape index (κ2) is 7.96. The Kier molecular flexibility index (Phi) is 5.84. The van der Waals surface area contributed by atoms with E-state index in [1.807, 2.05) is 0 Å². The highest BCUT2D eigenvalue weighted by atomic mass is 16.6. The highest BCUT2D eigenvalue weighted by Gasteiger charge is 2.68. The summed E-state index contributed by atoms with van der Waals surface area (Å²) in [6.07, 6.45) is 7.95. The number of methoxy groups -OCH3 is 1. The lowest BCUT2D eigenvalue weighted by Gasteiger charge is -2.59. The molecule has 0 spiro atoms. The van der Waals surface area contributed by atoms with E-state index in [2.05, 4.69) is 19.9 Å². The van der Waals surface area contributed by atoms with Crippen molar-refractivity contribution >= 4 is 17.7 Å². The predicted molar refractivity (Wildman–Crippen MR) is 119 cm³/mol. The smallest absolute Gasteiger partial charge is 0.303 e. The van der Waals surface area contributed by atoms with E-state index >= 15 is 0 Å². The molecule has 0 radical (unpaired) electrons. The Balaban J connectivity index is 1.66. The average molecular weight is 447 g/mol. The van der Waals surface area contributed by atoms with E-state index in [0.717, 1.165) is 38.5 Å². The molecule has 178 valence electrons. The van der Waals surface area contributed by atoms with Gasteiger partial charge in [0.15, 0.2) is 11.4 Å². The van der Waals surface area contributed by atoms with Crippen LogP contribution in [0, 0.1) is 28.6 Å². The van der Waals surface area contributed by atoms with Gasteiger partial charge in [-0.2, -0.15) is 0 Å². The summed E-state index contributed by atoms with van der Waals surface area (Å²) in [5, 5.41) is 0. The molecule has 8 atom stereocenters. The monoisotopic (exact) mass is 446 g/mol. The summed E-state index contributed by atoms with van der Waals surface area (Å²) >= 11 is 0. The molecule has 0 aromatic rings. The van der Waals surface area contributed by atoms with Gasteiger partial charge >= 0.3 is 11.9 Å². The van der Waals surface area contributed by atoms with Gasteiger partial charge in [-0.05, 0) is 68.6 Å². The van der Waals surface area contributed by atoms with E-state index in [4.69, 9.17) is 14.2 Å². The number of hydrogen-bond donors (Lipinski definition) is 0. The number of hydrogen-bond acceptors (Lipinski definition) is 6. The normalized spacial score (nSPS) is 45.1. The second-order valence-corrected chi connectivity index (χ2v) is 11.1. The van der Waals surface area contributed by atoms with Crippen LogP contribution < -0.4 is 0 Å². The van der Waals surface area contributed by atoms with Crippen molar-refractivity contribution in [2.45, 2.75) is 97.4 Å². The molecule has 0 N–H and O–H groups in total. The molecule has 6 nitrogen and oxygen atoms in total. The summed E-state index contributed by atoms with van der Waals surface area (Å²) in [6, 6.07) is 0. The number of allylic oxidation sites excluding steroid dienone is 1. The maximum absolute atomic E-state index is 12.9. The van der Waals surface area contributed by atoms with Gasteiger partial charge in [0.1, 0.15) is 6.10 Å². The molecule has 3 fully saturated rings. The first kappa shape index (κ1) is 23.5. The molecule has 0 heterocycles. The van der Waals surface area contributed by atoms with Crippen LogP contribution in [0.5, 0.6) is 0 Å². The van der Waals surface area contributed by atoms with Crippen LogP contribution in [0.25, 0.3) is 0 Å². The summed E-state index contributed by atoms with van der Waals surface area (Å²) in [4.78, 5) is 36.5. The summed E-state index contributed by atoms with van der Waals surface area (Å²) in [7, 11) is 1.70. The number of fused-ring (bicyclic) bond motifs is 5. The molecule has 32 heavy (non-hydrogen) atoms. The minimum absolute atomic E-state index is 0.00945. The van der Waals surface area contributed by atoms with Crippen molar-refractivity contribution in [2.75, 3.05) is 7.11 Å². The number of carbonyl (C=O) groups is 3. The molecule has 6 heteroatoms. The van der Waals surface area contributed by atoms with Crippen molar-refractivity contribution in [1.82, 2.24) is 0 Å². The largest absolute Gasteiger partial charge is 0.459 e. The van der Waals surface area contributed by atoms with Crippen LogP contribution >= 0.6 is 0 Å². The van der Waals surface area contributed by atoms with Crippen LogP contribution in [0.4, 0.5) is 0 Å². The molecule has 4 aliphatic rings. The fourth-order valence-corrected chi connectivity index (χ4v) is 8.28. The lowest BCUT2D eigenvalue weighted by molar-refractivity contribution is -0.188. The number of carbonyl (C=O) groups excluding carboxylic acids is 3. The maximum Gasteiger partial charge on any atom is 0.303 e. The van der Waals surface area contributed by atoms with E-state index < -0.39 is 5.60 Å². The van der Waals surface area contributed by atoms with Crippen LogP contribution in [0.1, 0.15) is 79.6 Å². The van der Waals surface area contributed by atoms with Gasteiger partial charge in [0.25, 0.3) is 0 Å². The zero-order valence-corrected chi connectivity index (χ0v) is 20.4. The molecule has 0 amide bonds. The van der Waals surface area contributed by atoms with Gasteiger partial charge in [-0.25, -0.2) is 0 Å². The number of esters is 2. The Morgan fingerprint density at radius 2 is 1.66 bits per heavy atom. The molecule has 0 bridgehead atoms. The Hall–Kier alpha value is -1.69. The molecule has 0 aromatic heterocycles. The van der Waals surface area contributed by atoms with E-state index in [0.29, 0.717) is 24.2 Å². The van der Waals surface area contributed by atoms with Crippen molar-refractivity contribution in [1.29, 1.82) is 0 Å². The first-order chi connectivity index (χ1) is 15.0. The zero-order valence-electron chi connectivity index (χ0n) is 20.4. The van der Waals surface area contributed by atoms with Crippen molar-refractivity contribution in [3.05, 3.63) is 11.6 Å². The van der Waals surface area contributed by atoms with Gasteiger partial charge in [0.2, 0.25) is 0 Å². The lowest BCUT2D eigenvalue weighted by atomic mass is 9.46. The molecule has 4 rings (SSSR count). The lowest BCUT2D eigenvalue weighted by Crippen LogP contribution is -2.59. The van der Waals surface area contributed by atoms with Gasteiger partial charge in [-0.1, -0.05) is 25.5 Å². The number of ether oxygens (including phenoxy) is 3. The summed E-state index contributed by atoms with van der Waals surface area (Å²) in [5.74, 6) is 0.620. The molecule has 1 unspecified atom stereocenters. The molecule has 4 aliphatic carbocycles. The first-order valence-corrected chi connectivity index (χ1v) is 12.1. The van der Waals surface area contributed by atoms with E-state index in [9.17, 15) is 14.4 Å². The van der Waals surface area contributed by atoms with E-state index in [-0.39, 0.29) is 40.8 Å². The van der Waals surface area contributed by atoms with Crippen LogP contribution in [-0.4, -0.2) is 42.6 Å². The van der Waals surface area contributed by atoms with Crippen molar-refractivity contribution in [2.24, 2.45) is 28.6 Å². The Morgan fingerprint density at radius 1 is 0.969 bits per heavy atom. The standard InChI is InChI=1S/C26H38O6/c1-15(27)26(32-17(3)29)12-10-21-19-8-7-18-13-22(31-16(2)28)23(30-6)14-24(18,4)20(19)9-11-25(21,26)5/h7,19-23H,8-14H2,1-6H3/t19-,20+,21+,22-,23?,24+,25+,26-/m1/s1. The van der Waals surface area contributed by atoms with Gasteiger partial charge in [-0.15, -0.1) is 0 Å². The Bertz CT molecular complexity index is 847. The third-order valence-corrected chi connectivity index (χ3v) is 9.71. The topological polar surface area (TPSA) is 78.9 Å². The summed E-state index contributed by atoms with van der Waals surface area (Å²) in [6.45, 7) is 8.99. The van der Waals surface area contributed by atoms with Gasteiger partial charge < -0.3 is 14.2 Å². The van der Waals surface area contributed by atoms with Crippen molar-refractivity contribution < 1.29 is 28.6 Å². The van der Waals surface area contributed by atoms with Gasteiger partial charge in [0, 0.05) is 32.8 Å². The van der Waals surface area contributed by atoms with Crippen molar-refractivity contribution in [3.8, 4) is 0 Å². The number of rotatable bonds is 4. The molecule has 3 saturated carbocycles. The second-order valence-electron chi connectivity index (χ2n) is 11.1. The van der Waals surface area contributed by atoms with E-state index in [1.165, 1.54) is 19.4 Å². The molecule has 0 saturated heterocycles. The van der Waals surface area contributed by atoms with Crippen molar-refractivity contribution in [3.63, 3.8) is 0 Å². The average Bonchev–Trinajstić information content (AvgIpc) is 3.00. The van der Waals surface area contributed by atoms with E-state index in [1.54, 1.807) is 14.0 Å². The maximum atomic E-state index is 12.9. The van der Waals surface area contributed by atoms with Gasteiger partial charge in [-0.3, -0.25) is 14.4 Å². The molecule has 0 aliphatic heterocycles. The SMILES string of the molecule is COC1C[C@@]2(C)C(=CC[C@@H]3[C@@H]2CC[C@@]2(C)[C@H]3CC[C@@]2(OC(C)=O)C(C)=O)C[C@H]1OC(C)=O. The fraction of sp³-hybridized carbons (Fsp3) is 0.808. The molecular formula is C26H38O6. The van der Waals surface area contributed by atoms with Crippen LogP contribution in [0.3, 0.4) is 0 Å². The van der Waals surface area contributed by atoms with Crippen LogP contribution in [-0.2, 0) is 28.6 Å². The zero-order chi connectivity index (χ0) is 23.5. The first-order valence-electron chi connectivity index (χ1n) is 12.1. The third kappa shape index (κ3) is 3.27. The quantitative estimate of drug-likeness (QED) is 0.471.